The molecule has 1 aliphatic heterocycles. The predicted octanol–water partition coefficient (Wildman–Crippen LogP) is 0.191. The molecule has 0 aromatic heterocycles. The number of nitrogens with zero attached hydrogens (tertiary/aromatic N) is 2. The molecule has 1 unspecified atom stereocenters. The molecule has 4 nitrogen and oxygen atoms in total. The molecule has 0 aromatic carbocycles. The summed E-state index contributed by atoms with van der Waals surface area (Å²) in [6.45, 7) is 1.23. The molecule has 1 fully saturated rings. The van der Waals surface area contributed by atoms with Crippen molar-refractivity contribution in [3.8, 4) is 0 Å². The molecule has 6 heteroatoms. The van der Waals surface area contributed by atoms with Crippen LogP contribution in [0.5, 0.6) is 0 Å². The van der Waals surface area contributed by atoms with E-state index in [1.807, 2.05) is 14.1 Å². The maximum Gasteiger partial charge on any atom is 0.215 e. The number of rotatable bonds is 4. The topological polar surface area (TPSA) is 40.6 Å². The number of sulfonamides is 1. The van der Waals surface area contributed by atoms with E-state index in [1.165, 1.54) is 0 Å². The summed E-state index contributed by atoms with van der Waals surface area (Å²) in [6.07, 6.45) is 0.911. The number of alkyl halides is 1. The highest BCUT2D eigenvalue weighted by Crippen LogP contribution is 2.17. The Morgan fingerprint density at radius 2 is 2.14 bits per heavy atom. The van der Waals surface area contributed by atoms with Crippen molar-refractivity contribution < 1.29 is 8.42 Å². The van der Waals surface area contributed by atoms with Gasteiger partial charge in [-0.15, -0.1) is 11.6 Å². The van der Waals surface area contributed by atoms with Gasteiger partial charge in [0.25, 0.3) is 0 Å². The highest BCUT2D eigenvalue weighted by Gasteiger charge is 2.31. The van der Waals surface area contributed by atoms with Crippen molar-refractivity contribution in [1.29, 1.82) is 0 Å². The van der Waals surface area contributed by atoms with Gasteiger partial charge in [-0.1, -0.05) is 0 Å². The maximum atomic E-state index is 11.6. The van der Waals surface area contributed by atoms with Gasteiger partial charge in [-0.2, -0.15) is 0 Å². The fourth-order valence-corrected chi connectivity index (χ4v) is 3.43. The van der Waals surface area contributed by atoms with Crippen LogP contribution in [0.2, 0.25) is 0 Å². The van der Waals surface area contributed by atoms with Crippen molar-refractivity contribution in [2.45, 2.75) is 12.5 Å². The maximum absolute atomic E-state index is 11.6. The van der Waals surface area contributed by atoms with Gasteiger partial charge in [0.15, 0.2) is 0 Å². The van der Waals surface area contributed by atoms with E-state index < -0.39 is 10.0 Å². The summed E-state index contributed by atoms with van der Waals surface area (Å²) in [7, 11) is 0.847. The van der Waals surface area contributed by atoms with Crippen LogP contribution in [0.4, 0.5) is 0 Å². The van der Waals surface area contributed by atoms with E-state index in [1.54, 1.807) is 4.31 Å². The van der Waals surface area contributed by atoms with Crippen LogP contribution in [0.1, 0.15) is 6.42 Å². The predicted molar refractivity (Wildman–Crippen MR) is 58.2 cm³/mol. The van der Waals surface area contributed by atoms with E-state index in [0.717, 1.165) is 6.42 Å². The number of hydrogen-bond donors (Lipinski definition) is 0. The zero-order chi connectivity index (χ0) is 10.8. The van der Waals surface area contributed by atoms with Gasteiger partial charge in [0, 0.05) is 25.0 Å². The van der Waals surface area contributed by atoms with Gasteiger partial charge < -0.3 is 4.90 Å². The quantitative estimate of drug-likeness (QED) is 0.659. The second-order valence-corrected chi connectivity index (χ2v) is 6.24. The van der Waals surface area contributed by atoms with Crippen LogP contribution in [-0.2, 0) is 10.0 Å². The van der Waals surface area contributed by atoms with Gasteiger partial charge >= 0.3 is 0 Å². The van der Waals surface area contributed by atoms with E-state index >= 15 is 0 Å². The Labute approximate surface area is 90.9 Å². The first-order chi connectivity index (χ1) is 6.47. The van der Waals surface area contributed by atoms with E-state index in [-0.39, 0.29) is 11.6 Å². The number of hydrogen-bond acceptors (Lipinski definition) is 3. The molecule has 84 valence electrons. The highest BCUT2D eigenvalue weighted by atomic mass is 35.5. The molecule has 1 heterocycles. The molecule has 0 N–H and O–H groups in total. The lowest BCUT2D eigenvalue weighted by molar-refractivity contribution is 0.302. The summed E-state index contributed by atoms with van der Waals surface area (Å²) in [5, 5.41) is 0. The molecule has 1 saturated heterocycles. The Hall–Kier alpha value is 0.160. The van der Waals surface area contributed by atoms with Gasteiger partial charge in [-0.25, -0.2) is 12.7 Å². The van der Waals surface area contributed by atoms with E-state index in [0.29, 0.717) is 19.1 Å². The first kappa shape index (κ1) is 12.2. The Balaban J connectivity index is 2.58. The first-order valence-corrected chi connectivity index (χ1v) is 6.82. The van der Waals surface area contributed by atoms with Crippen LogP contribution in [0.3, 0.4) is 0 Å². The van der Waals surface area contributed by atoms with Crippen LogP contribution in [0, 0.1) is 0 Å². The minimum atomic E-state index is -3.10. The molecular formula is C8H17ClN2O2S. The van der Waals surface area contributed by atoms with Crippen LogP contribution in [0.25, 0.3) is 0 Å². The van der Waals surface area contributed by atoms with Crippen molar-refractivity contribution in [1.82, 2.24) is 9.21 Å². The monoisotopic (exact) mass is 240 g/mol. The van der Waals surface area contributed by atoms with Crippen LogP contribution in [-0.4, -0.2) is 62.5 Å². The number of halogens is 1. The van der Waals surface area contributed by atoms with Gasteiger partial charge in [-0.05, 0) is 20.5 Å². The summed E-state index contributed by atoms with van der Waals surface area (Å²) in [4.78, 5) is 2.07. The zero-order valence-corrected chi connectivity index (χ0v) is 10.2. The molecule has 1 atom stereocenters. The Morgan fingerprint density at radius 1 is 1.50 bits per heavy atom. The Morgan fingerprint density at radius 3 is 2.57 bits per heavy atom. The van der Waals surface area contributed by atoms with Gasteiger partial charge in [-0.3, -0.25) is 0 Å². The van der Waals surface area contributed by atoms with Crippen LogP contribution in [0.15, 0.2) is 0 Å². The Bertz CT molecular complexity index is 279. The summed E-state index contributed by atoms with van der Waals surface area (Å²) >= 11 is 5.45. The molecule has 0 spiro atoms. The van der Waals surface area contributed by atoms with Gasteiger partial charge in [0.1, 0.15) is 0 Å². The second-order valence-electron chi connectivity index (χ2n) is 3.77. The third-order valence-electron chi connectivity index (χ3n) is 2.58. The van der Waals surface area contributed by atoms with Crippen molar-refractivity contribution in [3.05, 3.63) is 0 Å². The molecule has 0 bridgehead atoms. The first-order valence-electron chi connectivity index (χ1n) is 4.67. The molecule has 0 saturated carbocycles. The molecule has 14 heavy (non-hydrogen) atoms. The lowest BCUT2D eigenvalue weighted by atomic mass is 10.2. The van der Waals surface area contributed by atoms with Crippen molar-refractivity contribution in [2.75, 3.05) is 38.8 Å². The zero-order valence-electron chi connectivity index (χ0n) is 8.61. The molecule has 0 aliphatic carbocycles. The SMILES string of the molecule is CN(C)C1CCN(S(=O)(=O)CCCl)C1. The minimum Gasteiger partial charge on any atom is -0.305 e. The lowest BCUT2D eigenvalue weighted by Gasteiger charge is -2.19. The molecule has 1 rings (SSSR count). The van der Waals surface area contributed by atoms with Gasteiger partial charge in [0.05, 0.1) is 5.75 Å². The fraction of sp³-hybridized carbons (Fsp3) is 1.00. The third-order valence-corrected chi connectivity index (χ3v) is 4.84. The molecule has 0 amide bonds. The van der Waals surface area contributed by atoms with E-state index in [2.05, 4.69) is 4.90 Å². The standard InChI is InChI=1S/C8H17ClN2O2S/c1-10(2)8-3-5-11(7-8)14(12,13)6-4-9/h8H,3-7H2,1-2H3. The minimum absolute atomic E-state index is 0.0503. The van der Waals surface area contributed by atoms with Crippen LogP contribution < -0.4 is 0 Å². The van der Waals surface area contributed by atoms with E-state index in [4.69, 9.17) is 11.6 Å². The summed E-state index contributed by atoms with van der Waals surface area (Å²) in [5.41, 5.74) is 0. The fourth-order valence-electron chi connectivity index (χ4n) is 1.61. The van der Waals surface area contributed by atoms with E-state index in [9.17, 15) is 8.42 Å². The summed E-state index contributed by atoms with van der Waals surface area (Å²) in [6, 6.07) is 0.347. The average Bonchev–Trinajstić information content (AvgIpc) is 2.51. The van der Waals surface area contributed by atoms with Crippen LogP contribution >= 0.6 is 11.6 Å². The van der Waals surface area contributed by atoms with Gasteiger partial charge in [0.2, 0.25) is 10.0 Å². The molecule has 1 aliphatic rings. The van der Waals surface area contributed by atoms with Crippen molar-refractivity contribution in [2.24, 2.45) is 0 Å². The summed E-state index contributed by atoms with van der Waals surface area (Å²) in [5.74, 6) is 0.222. The Kier molecular flexibility index (Phi) is 4.18. The smallest absolute Gasteiger partial charge is 0.215 e. The van der Waals surface area contributed by atoms with Crippen molar-refractivity contribution in [3.63, 3.8) is 0 Å². The number of likely N-dealkylation sites (N-methyl/N-ethyl adjacent to an activating group) is 1. The molecule has 0 radical (unpaired) electrons. The lowest BCUT2D eigenvalue weighted by Crippen LogP contribution is -2.35. The summed E-state index contributed by atoms with van der Waals surface area (Å²) < 4.78 is 24.8. The normalized spacial score (nSPS) is 24.7. The second kappa shape index (κ2) is 4.79. The highest BCUT2D eigenvalue weighted by molar-refractivity contribution is 7.89. The van der Waals surface area contributed by atoms with Crippen molar-refractivity contribution >= 4 is 21.6 Å². The molecular weight excluding hydrogens is 224 g/mol. The average molecular weight is 241 g/mol. The third kappa shape index (κ3) is 2.82. The molecule has 0 aromatic rings. The largest absolute Gasteiger partial charge is 0.305 e.